The molecule has 1 atom stereocenters. The molecule has 0 unspecified atom stereocenters. The van der Waals surface area contributed by atoms with Crippen molar-refractivity contribution in [2.45, 2.75) is 38.8 Å². The SMILES string of the molecule is Cc1cc(Cl)ccc1N1CCN(CC/C=C2\C3=CC=CN[C@@H]3COc3ccc(C(C)(C)O)cc32)CC1. The molecule has 190 valence electrons. The van der Waals surface area contributed by atoms with Crippen molar-refractivity contribution >= 4 is 22.9 Å². The highest BCUT2D eigenvalue weighted by Crippen LogP contribution is 2.39. The monoisotopic (exact) mass is 505 g/mol. The lowest BCUT2D eigenvalue weighted by Crippen LogP contribution is -2.46. The molecular formula is C30H36ClN3O2. The maximum Gasteiger partial charge on any atom is 0.127 e. The molecule has 0 saturated carbocycles. The van der Waals surface area contributed by atoms with E-state index in [0.29, 0.717) is 6.61 Å². The molecule has 3 heterocycles. The summed E-state index contributed by atoms with van der Waals surface area (Å²) in [6, 6.07) is 12.3. The van der Waals surface area contributed by atoms with E-state index in [1.54, 1.807) is 0 Å². The van der Waals surface area contributed by atoms with Crippen molar-refractivity contribution < 1.29 is 9.84 Å². The van der Waals surface area contributed by atoms with Crippen molar-refractivity contribution in [1.29, 1.82) is 0 Å². The summed E-state index contributed by atoms with van der Waals surface area (Å²) in [6.07, 6.45) is 9.54. The first-order chi connectivity index (χ1) is 17.3. The van der Waals surface area contributed by atoms with Crippen LogP contribution in [-0.2, 0) is 5.60 Å². The fraction of sp³-hybridized carbons (Fsp3) is 0.400. The van der Waals surface area contributed by atoms with Gasteiger partial charge in [0.15, 0.2) is 0 Å². The van der Waals surface area contributed by atoms with Crippen molar-refractivity contribution in [3.8, 4) is 5.75 Å². The first-order valence-corrected chi connectivity index (χ1v) is 13.2. The van der Waals surface area contributed by atoms with E-state index in [9.17, 15) is 5.11 Å². The second-order valence-electron chi connectivity index (χ2n) is 10.4. The number of allylic oxidation sites excluding steroid dienone is 2. The standard InChI is InChI=1S/C30H36ClN3O2/c1-21-18-23(31)9-10-28(21)34-16-14-33(15-17-34)13-5-7-24-25-6-4-12-32-27(25)20-36-29-11-8-22(19-26(24)29)30(2,3)35/h4,6-12,18-19,27,32,35H,5,13-17,20H2,1-3H3/b24-7+/t27-/m1/s1. The average Bonchev–Trinajstić information content (AvgIpc) is 3.01. The van der Waals surface area contributed by atoms with Gasteiger partial charge in [0.2, 0.25) is 0 Å². The zero-order chi connectivity index (χ0) is 25.3. The van der Waals surface area contributed by atoms with Crippen LogP contribution >= 0.6 is 11.6 Å². The number of halogens is 1. The maximum atomic E-state index is 10.6. The second-order valence-corrected chi connectivity index (χ2v) is 10.9. The number of aryl methyl sites for hydroxylation is 1. The Balaban J connectivity index is 1.32. The third-order valence-electron chi connectivity index (χ3n) is 7.40. The van der Waals surface area contributed by atoms with Crippen LogP contribution in [0.3, 0.4) is 0 Å². The van der Waals surface area contributed by atoms with Gasteiger partial charge in [0.05, 0.1) is 11.6 Å². The number of benzene rings is 2. The van der Waals surface area contributed by atoms with Crippen molar-refractivity contribution in [2.24, 2.45) is 0 Å². The molecule has 0 bridgehead atoms. The number of nitrogens with zero attached hydrogens (tertiary/aromatic N) is 2. The van der Waals surface area contributed by atoms with Crippen molar-refractivity contribution in [3.05, 3.63) is 88.1 Å². The predicted molar refractivity (Wildman–Crippen MR) is 149 cm³/mol. The summed E-state index contributed by atoms with van der Waals surface area (Å²) in [5.74, 6) is 0.873. The van der Waals surface area contributed by atoms with Gasteiger partial charge in [-0.1, -0.05) is 29.8 Å². The molecule has 3 aliphatic heterocycles. The number of hydrogen-bond donors (Lipinski definition) is 2. The topological polar surface area (TPSA) is 48.0 Å². The lowest BCUT2D eigenvalue weighted by molar-refractivity contribution is 0.0785. The van der Waals surface area contributed by atoms with Gasteiger partial charge in [-0.05, 0) is 92.1 Å². The fourth-order valence-corrected chi connectivity index (χ4v) is 5.55. The molecule has 0 aliphatic carbocycles. The normalized spacial score (nSPS) is 21.2. The molecule has 2 aromatic carbocycles. The van der Waals surface area contributed by atoms with Gasteiger partial charge in [0, 0.05) is 49.0 Å². The second kappa shape index (κ2) is 10.3. The van der Waals surface area contributed by atoms with E-state index in [1.807, 2.05) is 44.3 Å². The summed E-state index contributed by atoms with van der Waals surface area (Å²) >= 11 is 6.15. The molecule has 2 aromatic rings. The van der Waals surface area contributed by atoms with Gasteiger partial charge in [0.25, 0.3) is 0 Å². The van der Waals surface area contributed by atoms with E-state index < -0.39 is 5.60 Å². The van der Waals surface area contributed by atoms with Gasteiger partial charge in [-0.25, -0.2) is 0 Å². The highest BCUT2D eigenvalue weighted by atomic mass is 35.5. The first-order valence-electron chi connectivity index (χ1n) is 12.9. The average molecular weight is 506 g/mol. The minimum absolute atomic E-state index is 0.116. The summed E-state index contributed by atoms with van der Waals surface area (Å²) in [4.78, 5) is 5.01. The molecule has 0 amide bonds. The van der Waals surface area contributed by atoms with Crippen LogP contribution in [0.4, 0.5) is 5.69 Å². The quantitative estimate of drug-likeness (QED) is 0.579. The van der Waals surface area contributed by atoms with Crippen LogP contribution in [0.15, 0.2) is 66.4 Å². The Labute approximate surface area is 219 Å². The molecule has 2 N–H and O–H groups in total. The summed E-state index contributed by atoms with van der Waals surface area (Å²) < 4.78 is 6.20. The van der Waals surface area contributed by atoms with Gasteiger partial charge in [-0.3, -0.25) is 4.90 Å². The van der Waals surface area contributed by atoms with Crippen LogP contribution in [0.5, 0.6) is 5.75 Å². The molecule has 0 aromatic heterocycles. The van der Waals surface area contributed by atoms with Gasteiger partial charge in [-0.2, -0.15) is 0 Å². The Morgan fingerprint density at radius 2 is 1.94 bits per heavy atom. The Morgan fingerprint density at radius 3 is 2.69 bits per heavy atom. The summed E-state index contributed by atoms with van der Waals surface area (Å²) in [7, 11) is 0. The van der Waals surface area contributed by atoms with E-state index in [1.165, 1.54) is 22.4 Å². The van der Waals surface area contributed by atoms with E-state index in [2.05, 4.69) is 52.4 Å². The van der Waals surface area contributed by atoms with Gasteiger partial charge >= 0.3 is 0 Å². The third-order valence-corrected chi connectivity index (χ3v) is 7.64. The minimum atomic E-state index is -0.910. The number of anilines is 1. The maximum absolute atomic E-state index is 10.6. The van der Waals surface area contributed by atoms with Crippen molar-refractivity contribution in [3.63, 3.8) is 0 Å². The highest BCUT2D eigenvalue weighted by molar-refractivity contribution is 6.30. The zero-order valence-corrected chi connectivity index (χ0v) is 22.2. The number of aliphatic hydroxyl groups is 1. The van der Waals surface area contributed by atoms with Gasteiger partial charge in [-0.15, -0.1) is 0 Å². The first kappa shape index (κ1) is 24.9. The number of nitrogens with one attached hydrogen (secondary N) is 1. The molecule has 0 radical (unpaired) electrons. The van der Waals surface area contributed by atoms with Gasteiger partial charge < -0.3 is 20.1 Å². The molecule has 5 rings (SSSR count). The van der Waals surface area contributed by atoms with E-state index in [4.69, 9.17) is 16.3 Å². The smallest absolute Gasteiger partial charge is 0.127 e. The lowest BCUT2D eigenvalue weighted by atomic mass is 9.88. The van der Waals surface area contributed by atoms with Crippen LogP contribution in [0.2, 0.25) is 5.02 Å². The van der Waals surface area contributed by atoms with Crippen LogP contribution in [0, 0.1) is 6.92 Å². The summed E-state index contributed by atoms with van der Waals surface area (Å²) in [5.41, 5.74) is 6.00. The third kappa shape index (κ3) is 5.34. The van der Waals surface area contributed by atoms with E-state index in [-0.39, 0.29) is 6.04 Å². The lowest BCUT2D eigenvalue weighted by Gasteiger charge is -2.36. The van der Waals surface area contributed by atoms with Gasteiger partial charge in [0.1, 0.15) is 12.4 Å². The fourth-order valence-electron chi connectivity index (χ4n) is 5.33. The summed E-state index contributed by atoms with van der Waals surface area (Å²) in [6.45, 7) is 11.5. The molecule has 36 heavy (non-hydrogen) atoms. The number of hydrogen-bond acceptors (Lipinski definition) is 5. The van der Waals surface area contributed by atoms with Crippen molar-refractivity contribution in [1.82, 2.24) is 10.2 Å². The molecule has 5 nitrogen and oxygen atoms in total. The molecular weight excluding hydrogens is 470 g/mol. The van der Waals surface area contributed by atoms with Crippen molar-refractivity contribution in [2.75, 3.05) is 44.2 Å². The van der Waals surface area contributed by atoms with E-state index in [0.717, 1.165) is 61.0 Å². The number of ether oxygens (including phenoxy) is 1. The Kier molecular flexibility index (Phi) is 7.16. The number of dihydropyridines is 1. The Bertz CT molecular complexity index is 1200. The molecule has 3 aliphatic rings. The Morgan fingerprint density at radius 1 is 1.14 bits per heavy atom. The molecule has 0 spiro atoms. The largest absolute Gasteiger partial charge is 0.490 e. The van der Waals surface area contributed by atoms with Crippen LogP contribution < -0.4 is 15.0 Å². The minimum Gasteiger partial charge on any atom is -0.490 e. The molecule has 6 heteroatoms. The number of rotatable bonds is 5. The van der Waals surface area contributed by atoms with Crippen LogP contribution in [0.25, 0.3) is 5.57 Å². The predicted octanol–water partition coefficient (Wildman–Crippen LogP) is 5.28. The molecule has 1 saturated heterocycles. The molecule has 1 fully saturated rings. The zero-order valence-electron chi connectivity index (χ0n) is 21.4. The highest BCUT2D eigenvalue weighted by Gasteiger charge is 2.28. The summed E-state index contributed by atoms with van der Waals surface area (Å²) in [5, 5.41) is 14.9. The van der Waals surface area contributed by atoms with Crippen LogP contribution in [0.1, 0.15) is 37.0 Å². The number of piperazine rings is 1. The van der Waals surface area contributed by atoms with Crippen LogP contribution in [-0.4, -0.2) is 55.4 Å². The Hall–Kier alpha value is -2.73. The van der Waals surface area contributed by atoms with E-state index >= 15 is 0 Å². The number of fused-ring (bicyclic) bond motifs is 2.